The summed E-state index contributed by atoms with van der Waals surface area (Å²) in [4.78, 5) is 16.6. The lowest BCUT2D eigenvalue weighted by molar-refractivity contribution is -0.143. The van der Waals surface area contributed by atoms with Crippen LogP contribution in [-0.2, 0) is 32.2 Å². The molecule has 11 heteroatoms. The number of ether oxygens (including phenoxy) is 2. The van der Waals surface area contributed by atoms with Gasteiger partial charge in [0.25, 0.3) is 0 Å². The van der Waals surface area contributed by atoms with E-state index in [-0.39, 0.29) is 30.7 Å². The number of fused-ring (bicyclic) bond motifs is 3. The van der Waals surface area contributed by atoms with Crippen LogP contribution in [0.4, 0.5) is 26.3 Å². The number of nitrogens with zero attached hydrogens (tertiary/aromatic N) is 2. The monoisotopic (exact) mass is 530 g/mol. The Bertz CT molecular complexity index is 1060. The Balaban J connectivity index is 1.69. The van der Waals surface area contributed by atoms with Crippen molar-refractivity contribution in [3.8, 4) is 0 Å². The molecular formula is C26H28F6N2O3. The van der Waals surface area contributed by atoms with Gasteiger partial charge in [-0.1, -0.05) is 30.3 Å². The van der Waals surface area contributed by atoms with Gasteiger partial charge in [0.2, 0.25) is 5.91 Å². The van der Waals surface area contributed by atoms with Gasteiger partial charge in [-0.2, -0.15) is 26.3 Å². The highest BCUT2D eigenvalue weighted by molar-refractivity contribution is 5.78. The van der Waals surface area contributed by atoms with Gasteiger partial charge in [0.1, 0.15) is 0 Å². The summed E-state index contributed by atoms with van der Waals surface area (Å²) in [6, 6.07) is 10.8. The number of amides is 1. The second kappa shape index (κ2) is 10.6. The van der Waals surface area contributed by atoms with E-state index in [0.717, 1.165) is 5.56 Å². The fraction of sp³-hybridized carbons (Fsp3) is 0.500. The van der Waals surface area contributed by atoms with Gasteiger partial charge in [-0.15, -0.1) is 0 Å². The van der Waals surface area contributed by atoms with Crippen molar-refractivity contribution in [3.63, 3.8) is 0 Å². The molecule has 2 heterocycles. The van der Waals surface area contributed by atoms with Crippen LogP contribution in [0, 0.1) is 0 Å². The molecule has 2 aliphatic heterocycles. The third kappa shape index (κ3) is 6.10. The quantitative estimate of drug-likeness (QED) is 0.495. The summed E-state index contributed by atoms with van der Waals surface area (Å²) in [5.74, 6) is -0.0657. The molecule has 0 aromatic heterocycles. The second-order valence-corrected chi connectivity index (χ2v) is 9.35. The molecule has 2 aromatic carbocycles. The molecular weight excluding hydrogens is 502 g/mol. The predicted molar refractivity (Wildman–Crippen MR) is 123 cm³/mol. The van der Waals surface area contributed by atoms with Crippen LogP contribution in [-0.4, -0.2) is 61.7 Å². The molecule has 0 saturated carbocycles. The highest BCUT2D eigenvalue weighted by Gasteiger charge is 2.44. The van der Waals surface area contributed by atoms with Gasteiger partial charge in [-0.25, -0.2) is 0 Å². The average molecular weight is 531 g/mol. The van der Waals surface area contributed by atoms with Gasteiger partial charge >= 0.3 is 12.4 Å². The van der Waals surface area contributed by atoms with Gasteiger partial charge in [0.05, 0.1) is 49.1 Å². The lowest BCUT2D eigenvalue weighted by Crippen LogP contribution is -2.51. The summed E-state index contributed by atoms with van der Waals surface area (Å²) in [5.41, 5.74) is -3.00. The van der Waals surface area contributed by atoms with Crippen LogP contribution in [0.5, 0.6) is 0 Å². The minimum Gasteiger partial charge on any atom is -0.378 e. The van der Waals surface area contributed by atoms with E-state index in [4.69, 9.17) is 9.47 Å². The summed E-state index contributed by atoms with van der Waals surface area (Å²) in [6.45, 7) is 3.53. The first-order valence-corrected chi connectivity index (χ1v) is 12.0. The van der Waals surface area contributed by atoms with Gasteiger partial charge in [-0.3, -0.25) is 9.69 Å². The summed E-state index contributed by atoms with van der Waals surface area (Å²) in [5, 5.41) is 0. The Kier molecular flexibility index (Phi) is 7.87. The fourth-order valence-corrected chi connectivity index (χ4v) is 4.89. The molecule has 0 radical (unpaired) electrons. The number of alkyl halides is 6. The molecule has 37 heavy (non-hydrogen) atoms. The Hall–Kier alpha value is -2.63. The zero-order valence-electron chi connectivity index (χ0n) is 20.2. The Morgan fingerprint density at radius 2 is 1.57 bits per heavy atom. The molecule has 2 fully saturated rings. The number of rotatable bonds is 5. The van der Waals surface area contributed by atoms with E-state index >= 15 is 0 Å². The predicted octanol–water partition coefficient (Wildman–Crippen LogP) is 5.26. The molecule has 2 bridgehead atoms. The molecule has 1 unspecified atom stereocenters. The molecule has 202 valence electrons. The van der Waals surface area contributed by atoms with Crippen molar-refractivity contribution in [2.45, 2.75) is 37.3 Å². The Morgan fingerprint density at radius 3 is 2.19 bits per heavy atom. The lowest BCUT2D eigenvalue weighted by Gasteiger charge is -2.43. The first-order chi connectivity index (χ1) is 17.4. The molecule has 0 aliphatic carbocycles. The van der Waals surface area contributed by atoms with Crippen LogP contribution < -0.4 is 0 Å². The van der Waals surface area contributed by atoms with E-state index in [1.807, 2.05) is 35.2 Å². The molecule has 0 N–H and O–H groups in total. The molecule has 2 aliphatic rings. The molecule has 1 amide bonds. The highest BCUT2D eigenvalue weighted by atomic mass is 19.4. The number of hydrogen-bond acceptors (Lipinski definition) is 4. The summed E-state index contributed by atoms with van der Waals surface area (Å²) >= 11 is 0. The summed E-state index contributed by atoms with van der Waals surface area (Å²) in [6.07, 6.45) is -10.5. The van der Waals surface area contributed by atoms with Crippen molar-refractivity contribution in [2.24, 2.45) is 0 Å². The van der Waals surface area contributed by atoms with Crippen LogP contribution in [0.25, 0.3) is 0 Å². The van der Waals surface area contributed by atoms with Crippen LogP contribution in [0.2, 0.25) is 0 Å². The molecule has 4 rings (SSSR count). The van der Waals surface area contributed by atoms with Gasteiger partial charge in [-0.05, 0) is 42.7 Å². The summed E-state index contributed by atoms with van der Waals surface area (Å²) < 4.78 is 92.1. The first-order valence-electron chi connectivity index (χ1n) is 12.0. The maximum Gasteiger partial charge on any atom is 0.416 e. The number of halogens is 6. The van der Waals surface area contributed by atoms with Gasteiger partial charge in [0.15, 0.2) is 0 Å². The van der Waals surface area contributed by atoms with Crippen LogP contribution in [0.15, 0.2) is 48.5 Å². The van der Waals surface area contributed by atoms with E-state index in [9.17, 15) is 31.1 Å². The van der Waals surface area contributed by atoms with Crippen LogP contribution in [0.1, 0.15) is 41.7 Å². The highest BCUT2D eigenvalue weighted by Crippen LogP contribution is 2.40. The summed E-state index contributed by atoms with van der Waals surface area (Å²) in [7, 11) is 0. The maximum absolute atomic E-state index is 13.4. The zero-order valence-corrected chi connectivity index (χ0v) is 20.2. The van der Waals surface area contributed by atoms with Crippen molar-refractivity contribution < 1.29 is 40.6 Å². The van der Waals surface area contributed by atoms with E-state index in [2.05, 4.69) is 0 Å². The maximum atomic E-state index is 13.4. The number of carbonyl (C=O) groups is 1. The number of hydrogen-bond donors (Lipinski definition) is 0. The number of benzene rings is 2. The van der Waals surface area contributed by atoms with Crippen molar-refractivity contribution in [3.05, 3.63) is 70.8 Å². The molecule has 5 nitrogen and oxygen atoms in total. The van der Waals surface area contributed by atoms with Gasteiger partial charge < -0.3 is 14.4 Å². The topological polar surface area (TPSA) is 42.0 Å². The van der Waals surface area contributed by atoms with E-state index < -0.39 is 35.1 Å². The van der Waals surface area contributed by atoms with Crippen molar-refractivity contribution >= 4 is 5.91 Å². The van der Waals surface area contributed by atoms with E-state index in [1.165, 1.54) is 6.92 Å². The minimum atomic E-state index is -4.95. The van der Waals surface area contributed by atoms with Crippen LogP contribution in [0.3, 0.4) is 0 Å². The lowest BCUT2D eigenvalue weighted by atomic mass is 9.85. The molecule has 2 aromatic rings. The second-order valence-electron chi connectivity index (χ2n) is 9.35. The molecule has 2 saturated heterocycles. The smallest absolute Gasteiger partial charge is 0.378 e. The Morgan fingerprint density at radius 1 is 0.946 bits per heavy atom. The average Bonchev–Trinajstić information content (AvgIpc) is 2.91. The zero-order chi connectivity index (χ0) is 26.8. The standard InChI is InChI=1S/C26H28F6N2O3/c1-18(19-13-21(25(27,28)29)15-22(14-19)26(30,31)32)37-17-24(20-5-3-2-4-6-20)7-8-33-9-11-36-12-10-34(24)16-23(33)35/h2-6,13-15,18H,7-12,16-17H2,1H3/t18-,24-/m1/s1. The normalized spacial score (nSPS) is 24.2. The SMILES string of the molecule is C[C@@H](OC[C@@]1(c2ccccc2)CCN2CCOCCN1CC2=O)c1cc(C(F)(F)F)cc(C(F)(F)F)c1. The first kappa shape index (κ1) is 27.4. The Labute approximate surface area is 210 Å². The molecule has 0 spiro atoms. The van der Waals surface area contributed by atoms with Gasteiger partial charge in [0, 0.05) is 19.6 Å². The molecule has 3 atom stereocenters. The third-order valence-electron chi connectivity index (χ3n) is 7.05. The van der Waals surface area contributed by atoms with Crippen LogP contribution >= 0.6 is 0 Å². The van der Waals surface area contributed by atoms with Crippen molar-refractivity contribution in [1.29, 1.82) is 0 Å². The van der Waals surface area contributed by atoms with E-state index in [0.29, 0.717) is 51.4 Å². The third-order valence-corrected chi connectivity index (χ3v) is 7.05. The van der Waals surface area contributed by atoms with Crippen molar-refractivity contribution in [1.82, 2.24) is 9.80 Å². The van der Waals surface area contributed by atoms with Crippen molar-refractivity contribution in [2.75, 3.05) is 46.0 Å². The van der Waals surface area contributed by atoms with E-state index in [1.54, 1.807) is 4.90 Å². The minimum absolute atomic E-state index is 0.0447. The fourth-order valence-electron chi connectivity index (χ4n) is 4.89. The largest absolute Gasteiger partial charge is 0.416 e. The number of carbonyl (C=O) groups excluding carboxylic acids is 1.